The van der Waals surface area contributed by atoms with Crippen LogP contribution in [0.1, 0.15) is 43.1 Å². The topological polar surface area (TPSA) is 99.1 Å². The highest BCUT2D eigenvalue weighted by Crippen LogP contribution is 2.33. The maximum atomic E-state index is 12.3. The standard InChI is InChI=1S/C23H24Cl2O7/c1-4-23(2,3)22(29)32-13-15-11-16(24)12-18(25)20(15)31-10-9-30-17-7-5-14(6-8-17)19(26)21(27)28/h5-8,11-12H,4,9-10,13H2,1-3H3,(H,27,28). The van der Waals surface area contributed by atoms with Gasteiger partial charge in [0.2, 0.25) is 0 Å². The number of carboxylic acid groups (broad SMARTS) is 1. The van der Waals surface area contributed by atoms with Crippen LogP contribution in [0, 0.1) is 5.41 Å². The molecule has 0 spiro atoms. The van der Waals surface area contributed by atoms with Gasteiger partial charge in [-0.05, 0) is 56.7 Å². The van der Waals surface area contributed by atoms with E-state index in [4.69, 9.17) is 42.5 Å². The van der Waals surface area contributed by atoms with Crippen molar-refractivity contribution in [2.24, 2.45) is 5.41 Å². The number of benzene rings is 2. The quantitative estimate of drug-likeness (QED) is 0.203. The van der Waals surface area contributed by atoms with Gasteiger partial charge in [0, 0.05) is 16.1 Å². The number of aliphatic carboxylic acids is 1. The van der Waals surface area contributed by atoms with Crippen LogP contribution < -0.4 is 9.47 Å². The first-order chi connectivity index (χ1) is 15.0. The smallest absolute Gasteiger partial charge is 0.377 e. The Bertz CT molecular complexity index is 985. The number of ketones is 1. The molecule has 2 rings (SSSR count). The molecule has 7 nitrogen and oxygen atoms in total. The van der Waals surface area contributed by atoms with Crippen molar-refractivity contribution in [3.8, 4) is 11.5 Å². The van der Waals surface area contributed by atoms with Crippen molar-refractivity contribution < 1.29 is 33.7 Å². The Morgan fingerprint density at radius 1 is 1.00 bits per heavy atom. The third-order valence-corrected chi connectivity index (χ3v) is 5.29. The molecule has 0 bridgehead atoms. The number of hydrogen-bond acceptors (Lipinski definition) is 6. The number of carbonyl (C=O) groups excluding carboxylic acids is 2. The largest absolute Gasteiger partial charge is 0.490 e. The summed E-state index contributed by atoms with van der Waals surface area (Å²) in [5.74, 6) is -2.08. The predicted molar refractivity (Wildman–Crippen MR) is 120 cm³/mol. The van der Waals surface area contributed by atoms with Crippen molar-refractivity contribution >= 4 is 40.9 Å². The van der Waals surface area contributed by atoms with Gasteiger partial charge in [0.15, 0.2) is 0 Å². The summed E-state index contributed by atoms with van der Waals surface area (Å²) >= 11 is 12.3. The fourth-order valence-corrected chi connectivity index (χ4v) is 3.08. The molecule has 0 atom stereocenters. The molecule has 0 saturated heterocycles. The molecule has 0 unspecified atom stereocenters. The van der Waals surface area contributed by atoms with E-state index in [2.05, 4.69) is 0 Å². The lowest BCUT2D eigenvalue weighted by molar-refractivity contribution is -0.155. The van der Waals surface area contributed by atoms with Crippen molar-refractivity contribution in [3.05, 3.63) is 57.6 Å². The molecule has 0 aliphatic heterocycles. The highest BCUT2D eigenvalue weighted by Gasteiger charge is 2.27. The molecule has 0 radical (unpaired) electrons. The van der Waals surface area contributed by atoms with E-state index in [0.29, 0.717) is 28.5 Å². The molecule has 0 aliphatic rings. The van der Waals surface area contributed by atoms with Crippen molar-refractivity contribution in [2.45, 2.75) is 33.8 Å². The maximum Gasteiger partial charge on any atom is 0.377 e. The molecule has 0 saturated carbocycles. The minimum Gasteiger partial charge on any atom is -0.490 e. The molecule has 2 aromatic rings. The van der Waals surface area contributed by atoms with Gasteiger partial charge in [-0.3, -0.25) is 9.59 Å². The number of carboxylic acids is 1. The van der Waals surface area contributed by atoms with Gasteiger partial charge in [0.1, 0.15) is 31.3 Å². The number of carbonyl (C=O) groups is 3. The number of Topliss-reactive ketones (excluding diaryl/α,β-unsaturated/α-hetero) is 1. The Balaban J connectivity index is 1.97. The van der Waals surface area contributed by atoms with E-state index in [9.17, 15) is 14.4 Å². The van der Waals surface area contributed by atoms with E-state index in [1.54, 1.807) is 19.9 Å². The first-order valence-electron chi connectivity index (χ1n) is 9.83. The molecule has 0 aromatic heterocycles. The SMILES string of the molecule is CCC(C)(C)C(=O)OCc1cc(Cl)cc(Cl)c1OCCOc1ccc(C(=O)C(=O)O)cc1. The van der Waals surface area contributed by atoms with E-state index >= 15 is 0 Å². The second kappa shape index (κ2) is 11.2. The molecular formula is C23H24Cl2O7. The zero-order chi connectivity index (χ0) is 23.9. The molecule has 9 heteroatoms. The normalized spacial score (nSPS) is 11.0. The minimum atomic E-state index is -1.52. The Kier molecular flexibility index (Phi) is 8.92. The molecule has 1 N–H and O–H groups in total. The number of ether oxygens (including phenoxy) is 3. The Hall–Kier alpha value is -2.77. The highest BCUT2D eigenvalue weighted by atomic mass is 35.5. The summed E-state index contributed by atoms with van der Waals surface area (Å²) < 4.78 is 16.7. The van der Waals surface area contributed by atoms with Crippen molar-refractivity contribution in [2.75, 3.05) is 13.2 Å². The zero-order valence-electron chi connectivity index (χ0n) is 17.9. The highest BCUT2D eigenvalue weighted by molar-refractivity contribution is 6.39. The van der Waals surface area contributed by atoms with Gasteiger partial charge in [-0.25, -0.2) is 4.79 Å². The molecule has 32 heavy (non-hydrogen) atoms. The van der Waals surface area contributed by atoms with E-state index in [1.807, 2.05) is 6.92 Å². The van der Waals surface area contributed by atoms with Crippen LogP contribution in [-0.4, -0.2) is 36.0 Å². The lowest BCUT2D eigenvalue weighted by Crippen LogP contribution is -2.25. The molecular weight excluding hydrogens is 459 g/mol. The number of esters is 1. The Labute approximate surface area is 196 Å². The van der Waals surface area contributed by atoms with E-state index in [1.165, 1.54) is 30.3 Å². The van der Waals surface area contributed by atoms with Gasteiger partial charge in [-0.1, -0.05) is 30.1 Å². The fraction of sp³-hybridized carbons (Fsp3) is 0.348. The van der Waals surface area contributed by atoms with Crippen LogP contribution in [0.3, 0.4) is 0 Å². The van der Waals surface area contributed by atoms with Gasteiger partial charge < -0.3 is 19.3 Å². The second-order valence-corrected chi connectivity index (χ2v) is 8.39. The zero-order valence-corrected chi connectivity index (χ0v) is 19.5. The van der Waals surface area contributed by atoms with Crippen molar-refractivity contribution in [1.29, 1.82) is 0 Å². The van der Waals surface area contributed by atoms with Crippen LogP contribution in [0.25, 0.3) is 0 Å². The summed E-state index contributed by atoms with van der Waals surface area (Å²) in [4.78, 5) is 34.4. The van der Waals surface area contributed by atoms with Crippen LogP contribution in [0.4, 0.5) is 0 Å². The summed E-state index contributed by atoms with van der Waals surface area (Å²) in [7, 11) is 0. The van der Waals surface area contributed by atoms with Crippen LogP contribution in [0.15, 0.2) is 36.4 Å². The molecule has 172 valence electrons. The minimum absolute atomic E-state index is 0.0438. The maximum absolute atomic E-state index is 12.3. The average Bonchev–Trinajstić information content (AvgIpc) is 2.75. The third-order valence-electron chi connectivity index (χ3n) is 4.79. The molecule has 0 amide bonds. The van der Waals surface area contributed by atoms with Gasteiger partial charge in [0.25, 0.3) is 5.78 Å². The summed E-state index contributed by atoms with van der Waals surface area (Å²) in [6, 6.07) is 8.87. The summed E-state index contributed by atoms with van der Waals surface area (Å²) in [5.41, 5.74) is -0.0271. The molecule has 0 aliphatic carbocycles. The van der Waals surface area contributed by atoms with Crippen LogP contribution in [0.5, 0.6) is 11.5 Å². The van der Waals surface area contributed by atoms with Gasteiger partial charge in [-0.15, -0.1) is 0 Å². The Morgan fingerprint density at radius 3 is 2.22 bits per heavy atom. The van der Waals surface area contributed by atoms with E-state index in [-0.39, 0.29) is 36.4 Å². The van der Waals surface area contributed by atoms with Crippen LogP contribution >= 0.6 is 23.2 Å². The van der Waals surface area contributed by atoms with Gasteiger partial charge in [-0.2, -0.15) is 0 Å². The number of halogens is 2. The lowest BCUT2D eigenvalue weighted by atomic mass is 9.91. The number of hydrogen-bond donors (Lipinski definition) is 1. The van der Waals surface area contributed by atoms with Gasteiger partial charge >= 0.3 is 11.9 Å². The van der Waals surface area contributed by atoms with E-state index in [0.717, 1.165) is 0 Å². The first-order valence-corrected chi connectivity index (χ1v) is 10.6. The average molecular weight is 483 g/mol. The van der Waals surface area contributed by atoms with Gasteiger partial charge in [0.05, 0.1) is 10.4 Å². The van der Waals surface area contributed by atoms with Crippen molar-refractivity contribution in [1.82, 2.24) is 0 Å². The summed E-state index contributed by atoms with van der Waals surface area (Å²) in [6.45, 7) is 5.74. The van der Waals surface area contributed by atoms with Crippen molar-refractivity contribution in [3.63, 3.8) is 0 Å². The monoisotopic (exact) mass is 482 g/mol. The van der Waals surface area contributed by atoms with Crippen LogP contribution in [-0.2, 0) is 20.9 Å². The first kappa shape index (κ1) is 25.5. The fourth-order valence-electron chi connectivity index (χ4n) is 2.49. The molecule has 0 heterocycles. The van der Waals surface area contributed by atoms with Crippen LogP contribution in [0.2, 0.25) is 10.0 Å². The third kappa shape index (κ3) is 6.87. The summed E-state index contributed by atoms with van der Waals surface area (Å²) in [6.07, 6.45) is 0.633. The van der Waals surface area contributed by atoms with E-state index < -0.39 is 17.2 Å². The second-order valence-electron chi connectivity index (χ2n) is 7.55. The summed E-state index contributed by atoms with van der Waals surface area (Å²) in [5, 5.41) is 9.38. The molecule has 0 fully saturated rings. The predicted octanol–water partition coefficient (Wildman–Crippen LogP) is 5.20. The Morgan fingerprint density at radius 2 is 1.62 bits per heavy atom. The number of rotatable bonds is 11. The molecule has 2 aromatic carbocycles. The lowest BCUT2D eigenvalue weighted by Gasteiger charge is -2.21.